The van der Waals surface area contributed by atoms with E-state index in [1.807, 2.05) is 25.1 Å². The van der Waals surface area contributed by atoms with Gasteiger partial charge in [0.2, 0.25) is 5.91 Å². The van der Waals surface area contributed by atoms with Gasteiger partial charge in [0, 0.05) is 36.1 Å². The maximum absolute atomic E-state index is 11.9. The van der Waals surface area contributed by atoms with E-state index in [0.29, 0.717) is 6.42 Å². The van der Waals surface area contributed by atoms with E-state index >= 15 is 0 Å². The van der Waals surface area contributed by atoms with Crippen LogP contribution in [0.3, 0.4) is 0 Å². The number of aryl methyl sites for hydroxylation is 2. The average molecular weight is 411 g/mol. The van der Waals surface area contributed by atoms with Crippen molar-refractivity contribution in [1.82, 2.24) is 15.2 Å². The molecule has 1 aromatic heterocycles. The lowest BCUT2D eigenvalue weighted by molar-refractivity contribution is -0.120. The summed E-state index contributed by atoms with van der Waals surface area (Å²) < 4.78 is 0. The molecule has 30 heavy (non-hydrogen) atoms. The number of carboxylic acids is 1. The Morgan fingerprint density at radius 1 is 1.27 bits per heavy atom. The molecule has 2 aromatic rings. The lowest BCUT2D eigenvalue weighted by Gasteiger charge is -2.41. The van der Waals surface area contributed by atoms with E-state index in [1.165, 1.54) is 5.56 Å². The number of hydrogen-bond acceptors (Lipinski definition) is 5. The molecule has 2 atom stereocenters. The standard InChI is InChI=1S/C23H30N4O3/c1-16-22(19(23(29)30)9-11-25-16)20-14-18(26-21(28)15-24)10-13-27(20)12-5-8-17-6-3-2-4-7-17/h2-4,6-7,9,11,18,20H,5,8,10,12-15,24H2,1H3,(H,26,28)(H,29,30). The molecule has 0 spiro atoms. The minimum Gasteiger partial charge on any atom is -0.478 e. The van der Waals surface area contributed by atoms with Gasteiger partial charge in [-0.15, -0.1) is 0 Å². The monoisotopic (exact) mass is 410 g/mol. The van der Waals surface area contributed by atoms with Gasteiger partial charge < -0.3 is 16.2 Å². The van der Waals surface area contributed by atoms with Gasteiger partial charge in [-0.2, -0.15) is 0 Å². The van der Waals surface area contributed by atoms with Gasteiger partial charge in [-0.05, 0) is 50.8 Å². The highest BCUT2D eigenvalue weighted by Gasteiger charge is 2.33. The second-order valence-corrected chi connectivity index (χ2v) is 7.80. The van der Waals surface area contributed by atoms with Crippen molar-refractivity contribution in [3.63, 3.8) is 0 Å². The number of nitrogens with zero attached hydrogens (tertiary/aromatic N) is 2. The Morgan fingerprint density at radius 2 is 2.03 bits per heavy atom. The molecule has 1 amide bonds. The van der Waals surface area contributed by atoms with E-state index in [2.05, 4.69) is 27.3 Å². The number of likely N-dealkylation sites (tertiary alicyclic amines) is 1. The summed E-state index contributed by atoms with van der Waals surface area (Å²) in [5.41, 5.74) is 8.51. The van der Waals surface area contributed by atoms with Crippen molar-refractivity contribution in [3.05, 3.63) is 65.0 Å². The lowest BCUT2D eigenvalue weighted by atomic mass is 9.88. The fourth-order valence-electron chi connectivity index (χ4n) is 4.32. The van der Waals surface area contributed by atoms with Crippen molar-refractivity contribution in [2.45, 2.75) is 44.7 Å². The van der Waals surface area contributed by atoms with Crippen molar-refractivity contribution in [1.29, 1.82) is 0 Å². The number of carboxylic acid groups (broad SMARTS) is 1. The number of benzene rings is 1. The molecule has 1 fully saturated rings. The summed E-state index contributed by atoms with van der Waals surface area (Å²) in [4.78, 5) is 30.4. The van der Waals surface area contributed by atoms with Crippen LogP contribution >= 0.6 is 0 Å². The highest BCUT2D eigenvalue weighted by atomic mass is 16.4. The third-order valence-electron chi connectivity index (χ3n) is 5.77. The fraction of sp³-hybridized carbons (Fsp3) is 0.435. The van der Waals surface area contributed by atoms with Crippen LogP contribution in [-0.2, 0) is 11.2 Å². The normalized spacial score (nSPS) is 19.4. The minimum atomic E-state index is -0.951. The highest BCUT2D eigenvalue weighted by Crippen LogP contribution is 2.34. The summed E-state index contributed by atoms with van der Waals surface area (Å²) in [5, 5.41) is 12.7. The molecule has 7 heteroatoms. The fourth-order valence-corrected chi connectivity index (χ4v) is 4.32. The smallest absolute Gasteiger partial charge is 0.336 e. The second-order valence-electron chi connectivity index (χ2n) is 7.80. The molecule has 1 aliphatic heterocycles. The summed E-state index contributed by atoms with van der Waals surface area (Å²) in [5.74, 6) is -1.13. The van der Waals surface area contributed by atoms with Crippen LogP contribution in [0.15, 0.2) is 42.6 Å². The lowest BCUT2D eigenvalue weighted by Crippen LogP contribution is -2.48. The molecule has 0 bridgehead atoms. The Morgan fingerprint density at radius 3 is 2.73 bits per heavy atom. The molecule has 0 aliphatic carbocycles. The Labute approximate surface area is 177 Å². The number of nitrogens with one attached hydrogen (secondary N) is 1. The molecule has 0 saturated carbocycles. The van der Waals surface area contributed by atoms with Crippen LogP contribution in [0.5, 0.6) is 0 Å². The zero-order valence-electron chi connectivity index (χ0n) is 17.4. The van der Waals surface area contributed by atoms with Gasteiger partial charge in [0.05, 0.1) is 12.1 Å². The molecule has 3 rings (SSSR count). The minimum absolute atomic E-state index is 0.0299. The van der Waals surface area contributed by atoms with Crippen LogP contribution in [0.25, 0.3) is 0 Å². The quantitative estimate of drug-likeness (QED) is 0.616. The molecule has 7 nitrogen and oxygen atoms in total. The summed E-state index contributed by atoms with van der Waals surface area (Å²) in [7, 11) is 0. The molecular weight excluding hydrogens is 380 g/mol. The van der Waals surface area contributed by atoms with Gasteiger partial charge in [-0.1, -0.05) is 30.3 Å². The van der Waals surface area contributed by atoms with E-state index in [0.717, 1.165) is 43.6 Å². The molecule has 2 heterocycles. The second kappa shape index (κ2) is 10.3. The zero-order chi connectivity index (χ0) is 21.5. The molecule has 1 saturated heterocycles. The Balaban J connectivity index is 1.80. The number of piperidine rings is 1. The molecular formula is C23H30N4O3. The first-order valence-corrected chi connectivity index (χ1v) is 10.5. The number of nitrogens with two attached hydrogens (primary N) is 1. The molecule has 2 unspecified atom stereocenters. The summed E-state index contributed by atoms with van der Waals surface area (Å²) in [6.45, 7) is 3.44. The summed E-state index contributed by atoms with van der Waals surface area (Å²) >= 11 is 0. The van der Waals surface area contributed by atoms with Gasteiger partial charge in [-0.25, -0.2) is 4.79 Å². The predicted octanol–water partition coefficient (Wildman–Crippen LogP) is 2.30. The number of carbonyl (C=O) groups is 2. The molecule has 160 valence electrons. The van der Waals surface area contributed by atoms with E-state index in [1.54, 1.807) is 12.3 Å². The van der Waals surface area contributed by atoms with Gasteiger partial charge in [0.15, 0.2) is 0 Å². The molecule has 0 radical (unpaired) electrons. The van der Waals surface area contributed by atoms with Gasteiger partial charge in [0.1, 0.15) is 0 Å². The van der Waals surface area contributed by atoms with E-state index in [-0.39, 0.29) is 30.1 Å². The average Bonchev–Trinajstić information content (AvgIpc) is 2.75. The van der Waals surface area contributed by atoms with Gasteiger partial charge in [0.25, 0.3) is 0 Å². The van der Waals surface area contributed by atoms with Crippen molar-refractivity contribution in [2.75, 3.05) is 19.6 Å². The maximum atomic E-state index is 11.9. The number of aromatic carboxylic acids is 1. The van der Waals surface area contributed by atoms with Crippen molar-refractivity contribution in [2.24, 2.45) is 5.73 Å². The number of aromatic nitrogens is 1. The number of rotatable bonds is 8. The van der Waals surface area contributed by atoms with E-state index in [9.17, 15) is 14.7 Å². The van der Waals surface area contributed by atoms with E-state index in [4.69, 9.17) is 5.73 Å². The third kappa shape index (κ3) is 5.43. The largest absolute Gasteiger partial charge is 0.478 e. The zero-order valence-corrected chi connectivity index (χ0v) is 17.4. The predicted molar refractivity (Wildman–Crippen MR) is 115 cm³/mol. The third-order valence-corrected chi connectivity index (χ3v) is 5.77. The highest BCUT2D eigenvalue weighted by molar-refractivity contribution is 5.89. The van der Waals surface area contributed by atoms with Crippen LogP contribution in [0.1, 0.15) is 52.5 Å². The first-order valence-electron chi connectivity index (χ1n) is 10.5. The number of hydrogen-bond donors (Lipinski definition) is 3. The SMILES string of the molecule is Cc1nccc(C(=O)O)c1C1CC(NC(=O)CN)CCN1CCCc1ccccc1. The number of amides is 1. The topological polar surface area (TPSA) is 109 Å². The van der Waals surface area contributed by atoms with Crippen LogP contribution in [0.4, 0.5) is 0 Å². The van der Waals surface area contributed by atoms with Crippen LogP contribution < -0.4 is 11.1 Å². The van der Waals surface area contributed by atoms with Crippen LogP contribution in [0.2, 0.25) is 0 Å². The number of pyridine rings is 1. The van der Waals surface area contributed by atoms with Gasteiger partial charge in [-0.3, -0.25) is 14.7 Å². The van der Waals surface area contributed by atoms with Crippen LogP contribution in [0, 0.1) is 6.92 Å². The maximum Gasteiger partial charge on any atom is 0.336 e. The Hall–Kier alpha value is -2.77. The van der Waals surface area contributed by atoms with Crippen molar-refractivity contribution in [3.8, 4) is 0 Å². The first kappa shape index (κ1) is 21.9. The van der Waals surface area contributed by atoms with Crippen LogP contribution in [-0.4, -0.2) is 52.5 Å². The van der Waals surface area contributed by atoms with Gasteiger partial charge >= 0.3 is 5.97 Å². The van der Waals surface area contributed by atoms with Crippen molar-refractivity contribution < 1.29 is 14.7 Å². The summed E-state index contributed by atoms with van der Waals surface area (Å²) in [6, 6.07) is 11.8. The summed E-state index contributed by atoms with van der Waals surface area (Å²) in [6.07, 6.45) is 4.94. The molecule has 1 aliphatic rings. The molecule has 4 N–H and O–H groups in total. The first-order chi connectivity index (χ1) is 14.5. The number of carbonyl (C=O) groups excluding carboxylic acids is 1. The van der Waals surface area contributed by atoms with Crippen molar-refractivity contribution >= 4 is 11.9 Å². The van der Waals surface area contributed by atoms with E-state index < -0.39 is 5.97 Å². The Kier molecular flexibility index (Phi) is 7.54. The Bertz CT molecular complexity index is 872. The molecule has 1 aromatic carbocycles.